The molecule has 0 fully saturated rings. The molecular formula is C24H17N3O6. The van der Waals surface area contributed by atoms with Crippen LogP contribution in [-0.4, -0.2) is 28.2 Å². The summed E-state index contributed by atoms with van der Waals surface area (Å²) in [6.07, 6.45) is 0. The van der Waals surface area contributed by atoms with Gasteiger partial charge in [-0.3, -0.25) is 10.1 Å². The summed E-state index contributed by atoms with van der Waals surface area (Å²) in [5.74, 6) is 0.618. The second-order valence-electron chi connectivity index (χ2n) is 6.73. The van der Waals surface area contributed by atoms with Crippen LogP contribution in [0.2, 0.25) is 0 Å². The first-order valence-corrected chi connectivity index (χ1v) is 9.75. The fraction of sp³-hybridized carbons (Fsp3) is 0.0417. The molecule has 0 spiro atoms. The number of carbonyl (C=O) groups excluding carboxylic acids is 1. The first-order valence-electron chi connectivity index (χ1n) is 9.75. The van der Waals surface area contributed by atoms with E-state index in [4.69, 9.17) is 14.2 Å². The Balaban J connectivity index is 1.43. The van der Waals surface area contributed by atoms with Gasteiger partial charge in [-0.05, 0) is 54.6 Å². The first-order chi connectivity index (χ1) is 16.0. The largest absolute Gasteiger partial charge is 0.490 e. The van der Waals surface area contributed by atoms with Crippen LogP contribution in [0.3, 0.4) is 0 Å². The average molecular weight is 443 g/mol. The highest BCUT2D eigenvalue weighted by Crippen LogP contribution is 2.28. The van der Waals surface area contributed by atoms with Gasteiger partial charge in [0.2, 0.25) is 5.88 Å². The van der Waals surface area contributed by atoms with Crippen LogP contribution in [0, 0.1) is 10.1 Å². The summed E-state index contributed by atoms with van der Waals surface area (Å²) in [7, 11) is 1.31. The first kappa shape index (κ1) is 21.4. The minimum atomic E-state index is -0.801. The standard InChI is InChI=1S/C24H17N3O6/c1-31-22-13-9-17(15-21(22)27(29)30)24(28)33-23-14-12-20(25-26-23)16-7-10-19(11-8-16)32-18-5-3-2-4-6-18/h2-15H,1H3. The maximum absolute atomic E-state index is 12.4. The highest BCUT2D eigenvalue weighted by molar-refractivity contribution is 5.92. The number of ether oxygens (including phenoxy) is 3. The quantitative estimate of drug-likeness (QED) is 0.221. The predicted molar refractivity (Wildman–Crippen MR) is 119 cm³/mol. The van der Waals surface area contributed by atoms with Crippen LogP contribution < -0.4 is 14.2 Å². The minimum absolute atomic E-state index is 0.0117. The highest BCUT2D eigenvalue weighted by Gasteiger charge is 2.19. The molecule has 4 rings (SSSR count). The SMILES string of the molecule is COc1ccc(C(=O)Oc2ccc(-c3ccc(Oc4ccccc4)cc3)nn2)cc1[N+](=O)[O-]. The fourth-order valence-electron chi connectivity index (χ4n) is 2.96. The second kappa shape index (κ2) is 9.56. The van der Waals surface area contributed by atoms with Gasteiger partial charge in [0.1, 0.15) is 11.5 Å². The fourth-order valence-corrected chi connectivity index (χ4v) is 2.96. The number of carbonyl (C=O) groups is 1. The van der Waals surface area contributed by atoms with Gasteiger partial charge >= 0.3 is 11.7 Å². The van der Waals surface area contributed by atoms with Gasteiger partial charge in [-0.2, -0.15) is 0 Å². The van der Waals surface area contributed by atoms with Gasteiger partial charge in [0.15, 0.2) is 5.75 Å². The van der Waals surface area contributed by atoms with E-state index >= 15 is 0 Å². The number of nitrogens with zero attached hydrogens (tertiary/aromatic N) is 3. The number of hydrogen-bond donors (Lipinski definition) is 0. The van der Waals surface area contributed by atoms with E-state index < -0.39 is 10.9 Å². The molecule has 9 heteroatoms. The van der Waals surface area contributed by atoms with Crippen molar-refractivity contribution < 1.29 is 23.9 Å². The summed E-state index contributed by atoms with van der Waals surface area (Å²) in [6, 6.07) is 23.7. The number of nitro groups is 1. The molecule has 164 valence electrons. The molecule has 0 bridgehead atoms. The third-order valence-electron chi connectivity index (χ3n) is 4.58. The summed E-state index contributed by atoms with van der Waals surface area (Å²) in [6.45, 7) is 0. The number of hydrogen-bond acceptors (Lipinski definition) is 8. The molecule has 0 unspecified atom stereocenters. The molecule has 0 aliphatic rings. The number of nitro benzene ring substituents is 1. The summed E-state index contributed by atoms with van der Waals surface area (Å²) in [5, 5.41) is 19.1. The Bertz CT molecular complexity index is 1280. The zero-order valence-corrected chi connectivity index (χ0v) is 17.4. The van der Waals surface area contributed by atoms with E-state index in [1.54, 1.807) is 6.07 Å². The lowest BCUT2D eigenvalue weighted by atomic mass is 10.1. The Morgan fingerprint density at radius 1 is 0.879 bits per heavy atom. The van der Waals surface area contributed by atoms with Crippen molar-refractivity contribution in [2.24, 2.45) is 0 Å². The maximum Gasteiger partial charge on any atom is 0.345 e. The number of para-hydroxylation sites is 1. The Morgan fingerprint density at radius 3 is 2.24 bits per heavy atom. The van der Waals surface area contributed by atoms with Gasteiger partial charge in [0.05, 0.1) is 23.3 Å². The zero-order chi connectivity index (χ0) is 23.2. The molecule has 0 aliphatic carbocycles. The number of benzene rings is 3. The molecule has 9 nitrogen and oxygen atoms in total. The summed E-state index contributed by atoms with van der Waals surface area (Å²) >= 11 is 0. The van der Waals surface area contributed by atoms with Crippen molar-refractivity contribution in [3.63, 3.8) is 0 Å². The van der Waals surface area contributed by atoms with E-state index in [9.17, 15) is 14.9 Å². The van der Waals surface area contributed by atoms with Gasteiger partial charge in [0.25, 0.3) is 0 Å². The number of methoxy groups -OCH3 is 1. The predicted octanol–water partition coefficient (Wildman–Crippen LogP) is 5.07. The van der Waals surface area contributed by atoms with Crippen LogP contribution in [-0.2, 0) is 0 Å². The third-order valence-corrected chi connectivity index (χ3v) is 4.58. The average Bonchev–Trinajstić information content (AvgIpc) is 2.85. The van der Waals surface area contributed by atoms with E-state index in [1.165, 1.54) is 25.3 Å². The molecule has 0 saturated heterocycles. The van der Waals surface area contributed by atoms with E-state index in [1.807, 2.05) is 54.6 Å². The van der Waals surface area contributed by atoms with E-state index in [0.29, 0.717) is 11.4 Å². The van der Waals surface area contributed by atoms with Crippen molar-refractivity contribution in [2.75, 3.05) is 7.11 Å². The van der Waals surface area contributed by atoms with Crippen molar-refractivity contribution in [2.45, 2.75) is 0 Å². The highest BCUT2D eigenvalue weighted by atomic mass is 16.6. The van der Waals surface area contributed by atoms with Gasteiger partial charge in [-0.25, -0.2) is 4.79 Å². The molecule has 1 aromatic heterocycles. The Morgan fingerprint density at radius 2 is 1.61 bits per heavy atom. The summed E-state index contributed by atoms with van der Waals surface area (Å²) in [5.41, 5.74) is 1.02. The number of esters is 1. The monoisotopic (exact) mass is 443 g/mol. The molecule has 0 radical (unpaired) electrons. The van der Waals surface area contributed by atoms with E-state index in [2.05, 4.69) is 10.2 Å². The second-order valence-corrected chi connectivity index (χ2v) is 6.73. The molecule has 0 amide bonds. The molecule has 0 N–H and O–H groups in total. The normalized spacial score (nSPS) is 10.3. The zero-order valence-electron chi connectivity index (χ0n) is 17.4. The molecule has 1 heterocycles. The summed E-state index contributed by atoms with van der Waals surface area (Å²) in [4.78, 5) is 22.9. The van der Waals surface area contributed by atoms with Crippen LogP contribution in [0.1, 0.15) is 10.4 Å². The van der Waals surface area contributed by atoms with Crippen molar-refractivity contribution in [3.05, 3.63) is 101 Å². The van der Waals surface area contributed by atoms with Crippen LogP contribution >= 0.6 is 0 Å². The van der Waals surface area contributed by atoms with Crippen molar-refractivity contribution in [1.82, 2.24) is 10.2 Å². The van der Waals surface area contributed by atoms with Crippen molar-refractivity contribution >= 4 is 11.7 Å². The minimum Gasteiger partial charge on any atom is -0.490 e. The van der Waals surface area contributed by atoms with Gasteiger partial charge in [-0.15, -0.1) is 10.2 Å². The van der Waals surface area contributed by atoms with Crippen LogP contribution in [0.25, 0.3) is 11.3 Å². The number of rotatable bonds is 7. The molecule has 0 aliphatic heterocycles. The molecule has 33 heavy (non-hydrogen) atoms. The topological polar surface area (TPSA) is 114 Å². The maximum atomic E-state index is 12.4. The van der Waals surface area contributed by atoms with Crippen LogP contribution in [0.4, 0.5) is 5.69 Å². The molecule has 3 aromatic carbocycles. The summed E-state index contributed by atoms with van der Waals surface area (Å²) < 4.78 is 15.9. The van der Waals surface area contributed by atoms with E-state index in [-0.39, 0.29) is 22.9 Å². The Kier molecular flexibility index (Phi) is 6.21. The molecular weight excluding hydrogens is 426 g/mol. The molecule has 0 atom stereocenters. The van der Waals surface area contributed by atoms with E-state index in [0.717, 1.165) is 17.4 Å². The lowest BCUT2D eigenvalue weighted by Crippen LogP contribution is -2.10. The van der Waals surface area contributed by atoms with Gasteiger partial charge < -0.3 is 14.2 Å². The Labute approximate surface area is 188 Å². The lowest BCUT2D eigenvalue weighted by molar-refractivity contribution is -0.385. The van der Waals surface area contributed by atoms with Gasteiger partial charge in [0, 0.05) is 17.7 Å². The lowest BCUT2D eigenvalue weighted by Gasteiger charge is -2.07. The van der Waals surface area contributed by atoms with Crippen molar-refractivity contribution in [1.29, 1.82) is 0 Å². The Hall–Kier alpha value is -4.79. The van der Waals surface area contributed by atoms with Gasteiger partial charge in [-0.1, -0.05) is 18.2 Å². The molecule has 4 aromatic rings. The third kappa shape index (κ3) is 5.10. The van der Waals surface area contributed by atoms with Crippen LogP contribution in [0.15, 0.2) is 84.9 Å². The molecule has 0 saturated carbocycles. The van der Waals surface area contributed by atoms with Crippen molar-refractivity contribution in [3.8, 4) is 34.4 Å². The van der Waals surface area contributed by atoms with Crippen LogP contribution in [0.5, 0.6) is 23.1 Å². The number of aromatic nitrogens is 2. The smallest absolute Gasteiger partial charge is 0.345 e.